The van der Waals surface area contributed by atoms with Crippen LogP contribution in [0.4, 0.5) is 0 Å². The lowest BCUT2D eigenvalue weighted by Gasteiger charge is -2.28. The normalized spacial score (nSPS) is 12.0. The Morgan fingerprint density at radius 1 is 1.43 bits per heavy atom. The van der Waals surface area contributed by atoms with Crippen LogP contribution in [0.2, 0.25) is 0 Å². The van der Waals surface area contributed by atoms with E-state index in [1.165, 1.54) is 0 Å². The smallest absolute Gasteiger partial charge is 0.235 e. The zero-order chi connectivity index (χ0) is 11.0. The molecule has 0 spiro atoms. The van der Waals surface area contributed by atoms with Crippen LogP contribution in [0.5, 0.6) is 0 Å². The van der Waals surface area contributed by atoms with Crippen LogP contribution >= 0.6 is 11.8 Å². The summed E-state index contributed by atoms with van der Waals surface area (Å²) in [5.74, 6) is 1.06. The van der Waals surface area contributed by atoms with Crippen LogP contribution in [-0.4, -0.2) is 23.5 Å². The number of carbonyl (C=O) groups excluding carboxylic acids is 1. The van der Waals surface area contributed by atoms with Gasteiger partial charge in [-0.25, -0.2) is 0 Å². The van der Waals surface area contributed by atoms with E-state index in [0.29, 0.717) is 0 Å². The molecule has 14 heavy (non-hydrogen) atoms. The molecule has 0 unspecified atom stereocenters. The second-order valence-electron chi connectivity index (χ2n) is 3.16. The molecule has 0 rings (SSSR count). The van der Waals surface area contributed by atoms with Crippen LogP contribution in [0.25, 0.3) is 0 Å². The molecule has 0 saturated heterocycles. The van der Waals surface area contributed by atoms with E-state index in [4.69, 9.17) is 0 Å². The third kappa shape index (κ3) is 3.37. The van der Waals surface area contributed by atoms with E-state index in [1.54, 1.807) is 18.8 Å². The van der Waals surface area contributed by atoms with Crippen LogP contribution in [0.1, 0.15) is 33.6 Å². The van der Waals surface area contributed by atoms with Crippen LogP contribution in [-0.2, 0) is 4.79 Å². The van der Waals surface area contributed by atoms with E-state index in [2.05, 4.69) is 25.2 Å². The SMILES string of the molecule is CC=CCSC(CC)(CC)C(=O)NC. The summed E-state index contributed by atoms with van der Waals surface area (Å²) in [6, 6.07) is 0. The van der Waals surface area contributed by atoms with Crippen molar-refractivity contribution < 1.29 is 4.79 Å². The highest BCUT2D eigenvalue weighted by Crippen LogP contribution is 2.32. The molecule has 2 nitrogen and oxygen atoms in total. The molecule has 0 saturated carbocycles. The largest absolute Gasteiger partial charge is 0.358 e. The molecule has 0 aromatic carbocycles. The van der Waals surface area contributed by atoms with Crippen LogP contribution in [0.3, 0.4) is 0 Å². The van der Waals surface area contributed by atoms with E-state index < -0.39 is 0 Å². The Bertz CT molecular complexity index is 197. The predicted molar refractivity (Wildman–Crippen MR) is 64.7 cm³/mol. The van der Waals surface area contributed by atoms with E-state index in [0.717, 1.165) is 18.6 Å². The first-order valence-corrected chi connectivity index (χ1v) is 6.12. The fourth-order valence-corrected chi connectivity index (χ4v) is 2.62. The van der Waals surface area contributed by atoms with Gasteiger partial charge in [0.25, 0.3) is 0 Å². The molecule has 0 aromatic rings. The Morgan fingerprint density at radius 2 is 2.00 bits per heavy atom. The molecule has 3 heteroatoms. The van der Waals surface area contributed by atoms with E-state index in [-0.39, 0.29) is 10.7 Å². The topological polar surface area (TPSA) is 29.1 Å². The molecule has 1 N–H and O–H groups in total. The second-order valence-corrected chi connectivity index (χ2v) is 4.56. The maximum absolute atomic E-state index is 11.7. The Labute approximate surface area is 91.5 Å². The minimum Gasteiger partial charge on any atom is -0.358 e. The summed E-state index contributed by atoms with van der Waals surface area (Å²) >= 11 is 1.73. The van der Waals surface area contributed by atoms with Gasteiger partial charge in [-0.3, -0.25) is 4.79 Å². The molecule has 0 aliphatic rings. The van der Waals surface area contributed by atoms with Gasteiger partial charge in [0.05, 0.1) is 4.75 Å². The molecule has 0 aromatic heterocycles. The van der Waals surface area contributed by atoms with Gasteiger partial charge in [-0.2, -0.15) is 0 Å². The monoisotopic (exact) mass is 215 g/mol. The van der Waals surface area contributed by atoms with Crippen LogP contribution in [0, 0.1) is 0 Å². The highest BCUT2D eigenvalue weighted by Gasteiger charge is 2.33. The molecule has 0 bridgehead atoms. The maximum atomic E-state index is 11.7. The number of amides is 1. The fourth-order valence-electron chi connectivity index (χ4n) is 1.37. The van der Waals surface area contributed by atoms with E-state index >= 15 is 0 Å². The first-order chi connectivity index (χ1) is 6.66. The van der Waals surface area contributed by atoms with Crippen LogP contribution < -0.4 is 5.32 Å². The molecular weight excluding hydrogens is 194 g/mol. The zero-order valence-corrected chi connectivity index (χ0v) is 10.4. The molecule has 82 valence electrons. The summed E-state index contributed by atoms with van der Waals surface area (Å²) in [6.07, 6.45) is 5.87. The maximum Gasteiger partial charge on any atom is 0.235 e. The van der Waals surface area contributed by atoms with Crippen molar-refractivity contribution in [2.75, 3.05) is 12.8 Å². The highest BCUT2D eigenvalue weighted by atomic mass is 32.2. The van der Waals surface area contributed by atoms with Gasteiger partial charge in [0, 0.05) is 12.8 Å². The van der Waals surface area contributed by atoms with Gasteiger partial charge in [0.15, 0.2) is 0 Å². The minimum absolute atomic E-state index is 0.150. The van der Waals surface area contributed by atoms with Gasteiger partial charge in [-0.15, -0.1) is 11.8 Å². The molecule has 0 aliphatic heterocycles. The van der Waals surface area contributed by atoms with Crippen molar-refractivity contribution in [3.63, 3.8) is 0 Å². The lowest BCUT2D eigenvalue weighted by molar-refractivity contribution is -0.123. The number of hydrogen-bond acceptors (Lipinski definition) is 2. The zero-order valence-electron chi connectivity index (χ0n) is 9.59. The van der Waals surface area contributed by atoms with Gasteiger partial charge >= 0.3 is 0 Å². The number of rotatable bonds is 6. The average Bonchev–Trinajstić information content (AvgIpc) is 2.24. The van der Waals surface area contributed by atoms with E-state index in [1.807, 2.05) is 13.0 Å². The minimum atomic E-state index is -0.242. The van der Waals surface area contributed by atoms with Gasteiger partial charge in [-0.1, -0.05) is 26.0 Å². The summed E-state index contributed by atoms with van der Waals surface area (Å²) in [4.78, 5) is 11.7. The molecule has 0 fully saturated rings. The summed E-state index contributed by atoms with van der Waals surface area (Å²) in [7, 11) is 1.71. The molecular formula is C11H21NOS. The molecule has 0 heterocycles. The Morgan fingerprint density at radius 3 is 2.36 bits per heavy atom. The fraction of sp³-hybridized carbons (Fsp3) is 0.727. The number of allylic oxidation sites excluding steroid dienone is 1. The third-order valence-electron chi connectivity index (χ3n) is 2.47. The van der Waals surface area contributed by atoms with Crippen molar-refractivity contribution in [1.82, 2.24) is 5.32 Å². The summed E-state index contributed by atoms with van der Waals surface area (Å²) in [6.45, 7) is 6.14. The predicted octanol–water partition coefficient (Wildman–Crippen LogP) is 2.60. The van der Waals surface area contributed by atoms with Crippen molar-refractivity contribution in [2.24, 2.45) is 0 Å². The quantitative estimate of drug-likeness (QED) is 0.690. The lowest BCUT2D eigenvalue weighted by atomic mass is 10.0. The van der Waals surface area contributed by atoms with Crippen molar-refractivity contribution in [3.8, 4) is 0 Å². The summed E-state index contributed by atoms with van der Waals surface area (Å²) < 4.78 is -0.242. The lowest BCUT2D eigenvalue weighted by Crippen LogP contribution is -2.42. The first kappa shape index (κ1) is 13.6. The van der Waals surface area contributed by atoms with Crippen LogP contribution in [0.15, 0.2) is 12.2 Å². The summed E-state index contributed by atoms with van der Waals surface area (Å²) in [5, 5.41) is 2.75. The van der Waals surface area contributed by atoms with Gasteiger partial charge in [0.2, 0.25) is 5.91 Å². The molecule has 0 aliphatic carbocycles. The average molecular weight is 215 g/mol. The summed E-state index contributed by atoms with van der Waals surface area (Å²) in [5.41, 5.74) is 0. The molecule has 0 radical (unpaired) electrons. The van der Waals surface area contributed by atoms with Gasteiger partial charge < -0.3 is 5.32 Å². The molecule has 1 amide bonds. The van der Waals surface area contributed by atoms with Crippen molar-refractivity contribution in [2.45, 2.75) is 38.4 Å². The number of nitrogens with one attached hydrogen (secondary N) is 1. The van der Waals surface area contributed by atoms with Crippen molar-refractivity contribution in [1.29, 1.82) is 0 Å². The Balaban J connectivity index is 4.44. The van der Waals surface area contributed by atoms with E-state index in [9.17, 15) is 4.79 Å². The second kappa shape index (κ2) is 6.93. The number of hydrogen-bond donors (Lipinski definition) is 1. The third-order valence-corrected chi connectivity index (χ3v) is 4.15. The van der Waals surface area contributed by atoms with Crippen molar-refractivity contribution >= 4 is 17.7 Å². The first-order valence-electron chi connectivity index (χ1n) is 5.14. The van der Waals surface area contributed by atoms with Gasteiger partial charge in [0.1, 0.15) is 0 Å². The number of carbonyl (C=O) groups is 1. The Hall–Kier alpha value is -0.440. The standard InChI is InChI=1S/C11H21NOS/c1-5-8-9-14-11(6-2,7-3)10(13)12-4/h5,8H,6-7,9H2,1-4H3,(H,12,13). The Kier molecular flexibility index (Phi) is 6.71. The highest BCUT2D eigenvalue weighted by molar-refractivity contribution is 8.01. The van der Waals surface area contributed by atoms with Gasteiger partial charge in [-0.05, 0) is 19.8 Å². The number of thioether (sulfide) groups is 1. The molecule has 0 atom stereocenters. The van der Waals surface area contributed by atoms with Crippen molar-refractivity contribution in [3.05, 3.63) is 12.2 Å².